The third kappa shape index (κ3) is 1.86. The topological polar surface area (TPSA) is 29.1 Å². The first kappa shape index (κ1) is 10.2. The smallest absolute Gasteiger partial charge is 0.262 e. The van der Waals surface area contributed by atoms with E-state index < -0.39 is 0 Å². The lowest BCUT2D eigenvalue weighted by atomic mass is 9.78. The second-order valence-electron chi connectivity index (χ2n) is 3.97. The first-order valence-corrected chi connectivity index (χ1v) is 6.33. The van der Waals surface area contributed by atoms with Gasteiger partial charge >= 0.3 is 0 Å². The Morgan fingerprint density at radius 2 is 2.36 bits per heavy atom. The van der Waals surface area contributed by atoms with E-state index in [0.29, 0.717) is 0 Å². The highest BCUT2D eigenvalue weighted by Crippen LogP contribution is 2.32. The molecule has 0 aliphatic heterocycles. The van der Waals surface area contributed by atoms with Crippen molar-refractivity contribution in [1.82, 2.24) is 5.32 Å². The fourth-order valence-electron chi connectivity index (χ4n) is 1.62. The van der Waals surface area contributed by atoms with Crippen LogP contribution in [0.2, 0.25) is 0 Å². The molecule has 1 aromatic rings. The van der Waals surface area contributed by atoms with Crippen LogP contribution in [0.3, 0.4) is 0 Å². The molecule has 1 saturated carbocycles. The van der Waals surface area contributed by atoms with Crippen molar-refractivity contribution in [1.29, 1.82) is 0 Å². The van der Waals surface area contributed by atoms with Crippen molar-refractivity contribution in [2.24, 2.45) is 0 Å². The molecule has 0 atom stereocenters. The number of thiophene rings is 1. The van der Waals surface area contributed by atoms with Crippen LogP contribution in [0.1, 0.15) is 35.9 Å². The van der Waals surface area contributed by atoms with Gasteiger partial charge in [0.2, 0.25) is 0 Å². The number of nitrogens with one attached hydrogen (secondary N) is 1. The Hall–Kier alpha value is -0.350. The Kier molecular flexibility index (Phi) is 2.66. The second kappa shape index (κ2) is 3.66. The quantitative estimate of drug-likeness (QED) is 0.881. The predicted molar refractivity (Wildman–Crippen MR) is 61.7 cm³/mol. The van der Waals surface area contributed by atoms with E-state index in [9.17, 15) is 4.79 Å². The summed E-state index contributed by atoms with van der Waals surface area (Å²) >= 11 is 4.84. The minimum Gasteiger partial charge on any atom is -0.346 e. The molecule has 14 heavy (non-hydrogen) atoms. The van der Waals surface area contributed by atoms with Crippen LogP contribution >= 0.6 is 27.3 Å². The van der Waals surface area contributed by atoms with Gasteiger partial charge in [0.05, 0.1) is 0 Å². The van der Waals surface area contributed by atoms with Crippen LogP contribution in [-0.2, 0) is 0 Å². The van der Waals surface area contributed by atoms with E-state index in [1.807, 2.05) is 11.4 Å². The molecule has 0 radical (unpaired) electrons. The predicted octanol–water partition coefficient (Wildman–Crippen LogP) is 3.18. The van der Waals surface area contributed by atoms with E-state index in [4.69, 9.17) is 0 Å². The lowest BCUT2D eigenvalue weighted by molar-refractivity contribution is 0.0854. The molecule has 4 heteroatoms. The van der Waals surface area contributed by atoms with Gasteiger partial charge in [-0.15, -0.1) is 11.3 Å². The van der Waals surface area contributed by atoms with Gasteiger partial charge in [-0.2, -0.15) is 0 Å². The van der Waals surface area contributed by atoms with Crippen LogP contribution in [0.15, 0.2) is 15.9 Å². The highest BCUT2D eigenvalue weighted by molar-refractivity contribution is 9.10. The highest BCUT2D eigenvalue weighted by Gasteiger charge is 2.33. The number of carbonyl (C=O) groups is 1. The summed E-state index contributed by atoms with van der Waals surface area (Å²) in [5.41, 5.74) is 0.0422. The summed E-state index contributed by atoms with van der Waals surface area (Å²) < 4.78 is 0.892. The third-order valence-corrected chi connectivity index (χ3v) is 4.53. The molecular weight excluding hydrogens is 262 g/mol. The van der Waals surface area contributed by atoms with Crippen molar-refractivity contribution in [3.05, 3.63) is 20.8 Å². The van der Waals surface area contributed by atoms with E-state index in [1.165, 1.54) is 17.8 Å². The first-order valence-electron chi connectivity index (χ1n) is 4.66. The molecule has 1 fully saturated rings. The molecule has 0 aromatic carbocycles. The number of carbonyl (C=O) groups excluding carboxylic acids is 1. The van der Waals surface area contributed by atoms with Crippen molar-refractivity contribution in [2.45, 2.75) is 31.7 Å². The van der Waals surface area contributed by atoms with Gasteiger partial charge in [-0.1, -0.05) is 0 Å². The SMILES string of the molecule is CC1(NC(=O)c2sccc2Br)CCC1. The van der Waals surface area contributed by atoms with Gasteiger partial charge in [-0.3, -0.25) is 4.79 Å². The summed E-state index contributed by atoms with van der Waals surface area (Å²) in [6.45, 7) is 2.11. The van der Waals surface area contributed by atoms with E-state index in [1.54, 1.807) is 0 Å². The molecule has 0 unspecified atom stereocenters. The van der Waals surface area contributed by atoms with Gasteiger partial charge in [0, 0.05) is 10.0 Å². The molecule has 2 rings (SSSR count). The van der Waals surface area contributed by atoms with Crippen LogP contribution in [0.4, 0.5) is 0 Å². The molecular formula is C10H12BrNOS. The van der Waals surface area contributed by atoms with Crippen molar-refractivity contribution in [3.8, 4) is 0 Å². The fourth-order valence-corrected chi connectivity index (χ4v) is 3.07. The van der Waals surface area contributed by atoms with E-state index in [-0.39, 0.29) is 11.4 Å². The van der Waals surface area contributed by atoms with Gasteiger partial charge in [-0.05, 0) is 53.6 Å². The molecule has 2 nitrogen and oxygen atoms in total. The standard InChI is InChI=1S/C10H12BrNOS/c1-10(4-2-5-10)12-9(13)8-7(11)3-6-14-8/h3,6H,2,4-5H2,1H3,(H,12,13). The normalized spacial score (nSPS) is 18.7. The minimum absolute atomic E-state index is 0.0422. The molecule has 0 spiro atoms. The molecule has 1 aliphatic rings. The van der Waals surface area contributed by atoms with Gasteiger partial charge in [0.1, 0.15) is 4.88 Å². The molecule has 76 valence electrons. The molecule has 0 saturated heterocycles. The Balaban J connectivity index is 2.06. The molecule has 1 N–H and O–H groups in total. The number of amides is 1. The van der Waals surface area contributed by atoms with Crippen molar-refractivity contribution < 1.29 is 4.79 Å². The zero-order valence-corrected chi connectivity index (χ0v) is 10.4. The molecule has 1 heterocycles. The summed E-state index contributed by atoms with van der Waals surface area (Å²) in [5, 5.41) is 5.00. The first-order chi connectivity index (χ1) is 6.61. The number of rotatable bonds is 2. The lowest BCUT2D eigenvalue weighted by Gasteiger charge is -2.39. The molecule has 1 aliphatic carbocycles. The molecule has 1 aromatic heterocycles. The lowest BCUT2D eigenvalue weighted by Crippen LogP contribution is -2.50. The van der Waals surface area contributed by atoms with Crippen LogP contribution in [0.25, 0.3) is 0 Å². The van der Waals surface area contributed by atoms with Gasteiger partial charge in [0.15, 0.2) is 0 Å². The zero-order valence-electron chi connectivity index (χ0n) is 7.97. The van der Waals surface area contributed by atoms with Crippen LogP contribution in [0.5, 0.6) is 0 Å². The Bertz CT molecular complexity index is 357. The minimum atomic E-state index is 0.0422. The maximum Gasteiger partial charge on any atom is 0.262 e. The second-order valence-corrected chi connectivity index (χ2v) is 5.74. The number of hydrogen-bond donors (Lipinski definition) is 1. The van der Waals surface area contributed by atoms with Crippen molar-refractivity contribution in [3.63, 3.8) is 0 Å². The van der Waals surface area contributed by atoms with Gasteiger partial charge in [-0.25, -0.2) is 0 Å². The van der Waals surface area contributed by atoms with Crippen LogP contribution in [0, 0.1) is 0 Å². The Morgan fingerprint density at radius 1 is 1.64 bits per heavy atom. The summed E-state index contributed by atoms with van der Waals surface area (Å²) in [4.78, 5) is 12.6. The number of halogens is 1. The van der Waals surface area contributed by atoms with E-state index >= 15 is 0 Å². The maximum atomic E-state index is 11.8. The Labute approximate surface area is 95.8 Å². The summed E-state index contributed by atoms with van der Waals surface area (Å²) in [7, 11) is 0. The highest BCUT2D eigenvalue weighted by atomic mass is 79.9. The van der Waals surface area contributed by atoms with Gasteiger partial charge in [0.25, 0.3) is 5.91 Å². The molecule has 0 bridgehead atoms. The number of hydrogen-bond acceptors (Lipinski definition) is 2. The maximum absolute atomic E-state index is 11.8. The summed E-state index contributed by atoms with van der Waals surface area (Å²) in [6.07, 6.45) is 3.42. The van der Waals surface area contributed by atoms with Crippen molar-refractivity contribution in [2.75, 3.05) is 0 Å². The fraction of sp³-hybridized carbons (Fsp3) is 0.500. The monoisotopic (exact) mass is 273 g/mol. The Morgan fingerprint density at radius 3 is 2.79 bits per heavy atom. The average Bonchev–Trinajstić information content (AvgIpc) is 2.48. The van der Waals surface area contributed by atoms with Crippen molar-refractivity contribution >= 4 is 33.2 Å². The molecule has 1 amide bonds. The summed E-state index contributed by atoms with van der Waals surface area (Å²) in [5.74, 6) is 0.0501. The van der Waals surface area contributed by atoms with E-state index in [0.717, 1.165) is 22.2 Å². The van der Waals surface area contributed by atoms with Crippen LogP contribution < -0.4 is 5.32 Å². The van der Waals surface area contributed by atoms with Gasteiger partial charge < -0.3 is 5.32 Å². The third-order valence-electron chi connectivity index (χ3n) is 2.70. The zero-order chi connectivity index (χ0) is 10.2. The van der Waals surface area contributed by atoms with Crippen LogP contribution in [-0.4, -0.2) is 11.4 Å². The van der Waals surface area contributed by atoms with E-state index in [2.05, 4.69) is 28.2 Å². The summed E-state index contributed by atoms with van der Waals surface area (Å²) in [6, 6.07) is 1.91. The largest absolute Gasteiger partial charge is 0.346 e. The average molecular weight is 274 g/mol.